The molecule has 1 unspecified atom stereocenters. The summed E-state index contributed by atoms with van der Waals surface area (Å²) in [5.74, 6) is 1.84. The molecule has 2 aliphatic heterocycles. The number of unbranched alkanes of at least 4 members (excludes halogenated alkanes) is 2. The van der Waals surface area contributed by atoms with Gasteiger partial charge >= 0.3 is 0 Å². The van der Waals surface area contributed by atoms with E-state index in [-0.39, 0.29) is 5.41 Å². The van der Waals surface area contributed by atoms with Crippen molar-refractivity contribution in [1.29, 1.82) is 0 Å². The molecule has 1 atom stereocenters. The summed E-state index contributed by atoms with van der Waals surface area (Å²) in [4.78, 5) is 2.62. The number of fused-ring (bicyclic) bond motifs is 5. The number of hydrogen-bond donors (Lipinski definition) is 0. The molecule has 0 amide bonds. The molecule has 2 aromatic carbocycles. The Morgan fingerprint density at radius 1 is 1.04 bits per heavy atom. The molecule has 0 aromatic heterocycles. The molecular weight excluding hydrogens is 310 g/mol. The Kier molecular flexibility index (Phi) is 3.44. The fraction of sp³-hybridized carbons (Fsp3) is 0.455. The Morgan fingerprint density at radius 3 is 2.76 bits per heavy atom. The van der Waals surface area contributed by atoms with Crippen LogP contribution in [0.25, 0.3) is 0 Å². The van der Waals surface area contributed by atoms with Crippen LogP contribution in [-0.4, -0.2) is 19.9 Å². The van der Waals surface area contributed by atoms with Gasteiger partial charge in [0.2, 0.25) is 6.79 Å². The van der Waals surface area contributed by atoms with Crippen LogP contribution < -0.4 is 14.4 Å². The third-order valence-electron chi connectivity index (χ3n) is 6.19. The first-order valence-corrected chi connectivity index (χ1v) is 9.59. The zero-order valence-corrected chi connectivity index (χ0v) is 14.9. The lowest BCUT2D eigenvalue weighted by Gasteiger charge is -2.27. The van der Waals surface area contributed by atoms with Gasteiger partial charge in [-0.15, -0.1) is 0 Å². The molecule has 130 valence electrons. The average molecular weight is 335 g/mol. The van der Waals surface area contributed by atoms with E-state index in [1.165, 1.54) is 48.1 Å². The summed E-state index contributed by atoms with van der Waals surface area (Å²) in [5.41, 5.74) is 5.96. The summed E-state index contributed by atoms with van der Waals surface area (Å²) in [7, 11) is 0. The highest BCUT2D eigenvalue weighted by atomic mass is 16.7. The van der Waals surface area contributed by atoms with Crippen LogP contribution in [0.15, 0.2) is 36.4 Å². The third-order valence-corrected chi connectivity index (χ3v) is 6.19. The normalized spacial score (nSPS) is 22.5. The second-order valence-electron chi connectivity index (χ2n) is 7.59. The van der Waals surface area contributed by atoms with Gasteiger partial charge in [0.1, 0.15) is 0 Å². The molecule has 0 fully saturated rings. The van der Waals surface area contributed by atoms with Gasteiger partial charge in [0.25, 0.3) is 0 Å². The maximum atomic E-state index is 5.68. The summed E-state index contributed by atoms with van der Waals surface area (Å²) in [6, 6.07) is 13.5. The van der Waals surface area contributed by atoms with Crippen molar-refractivity contribution < 1.29 is 9.47 Å². The van der Waals surface area contributed by atoms with Crippen molar-refractivity contribution in [3.63, 3.8) is 0 Å². The van der Waals surface area contributed by atoms with E-state index in [4.69, 9.17) is 9.47 Å². The number of para-hydroxylation sites is 1. The van der Waals surface area contributed by atoms with Gasteiger partial charge in [0.15, 0.2) is 11.5 Å². The first-order valence-electron chi connectivity index (χ1n) is 9.59. The zero-order valence-electron chi connectivity index (χ0n) is 14.9. The maximum absolute atomic E-state index is 5.68. The van der Waals surface area contributed by atoms with E-state index in [1.54, 1.807) is 0 Å². The second-order valence-corrected chi connectivity index (χ2v) is 7.59. The number of aryl methyl sites for hydroxylation is 1. The van der Waals surface area contributed by atoms with E-state index in [9.17, 15) is 0 Å². The lowest BCUT2D eigenvalue weighted by Crippen LogP contribution is -2.33. The van der Waals surface area contributed by atoms with Crippen LogP contribution in [0.4, 0.5) is 5.69 Å². The number of nitrogens with zero attached hydrogens (tertiary/aromatic N) is 1. The molecular formula is C22H25NO2. The number of anilines is 1. The largest absolute Gasteiger partial charge is 0.454 e. The Balaban J connectivity index is 1.57. The summed E-state index contributed by atoms with van der Waals surface area (Å²) < 4.78 is 11.3. The molecule has 2 heterocycles. The van der Waals surface area contributed by atoms with Crippen molar-refractivity contribution in [2.75, 3.05) is 24.8 Å². The van der Waals surface area contributed by atoms with Crippen molar-refractivity contribution in [3.8, 4) is 11.5 Å². The highest BCUT2D eigenvalue weighted by Gasteiger charge is 2.48. The van der Waals surface area contributed by atoms with Gasteiger partial charge in [-0.05, 0) is 54.2 Å². The Morgan fingerprint density at radius 2 is 1.88 bits per heavy atom. The Hall–Kier alpha value is -2.16. The smallest absolute Gasteiger partial charge is 0.231 e. The minimum Gasteiger partial charge on any atom is -0.454 e. The number of ether oxygens (including phenoxy) is 2. The SMILES string of the molecule is CCCCCN1CC2(CCc3cc4c(cc32)OCO4)c2ccccc21. The molecule has 0 bridgehead atoms. The van der Waals surface area contributed by atoms with E-state index < -0.39 is 0 Å². The Bertz CT molecular complexity index is 816. The molecule has 5 rings (SSSR count). The van der Waals surface area contributed by atoms with Gasteiger partial charge in [-0.1, -0.05) is 38.0 Å². The van der Waals surface area contributed by atoms with Crippen LogP contribution in [-0.2, 0) is 11.8 Å². The molecule has 1 spiro atoms. The van der Waals surface area contributed by atoms with Crippen molar-refractivity contribution in [2.24, 2.45) is 0 Å². The van der Waals surface area contributed by atoms with Gasteiger partial charge in [-0.25, -0.2) is 0 Å². The van der Waals surface area contributed by atoms with Crippen LogP contribution in [0.3, 0.4) is 0 Å². The summed E-state index contributed by atoms with van der Waals surface area (Å²) in [6.07, 6.45) is 6.17. The first-order chi connectivity index (χ1) is 12.3. The van der Waals surface area contributed by atoms with E-state index in [0.717, 1.165) is 31.0 Å². The molecule has 0 N–H and O–H groups in total. The lowest BCUT2D eigenvalue weighted by molar-refractivity contribution is 0.174. The van der Waals surface area contributed by atoms with Gasteiger partial charge in [-0.2, -0.15) is 0 Å². The predicted octanol–water partition coefficient (Wildman–Crippen LogP) is 4.66. The van der Waals surface area contributed by atoms with E-state index in [2.05, 4.69) is 48.2 Å². The molecule has 1 aliphatic carbocycles. The van der Waals surface area contributed by atoms with Crippen LogP contribution in [0.1, 0.15) is 49.3 Å². The van der Waals surface area contributed by atoms with E-state index >= 15 is 0 Å². The van der Waals surface area contributed by atoms with Crippen molar-refractivity contribution in [1.82, 2.24) is 0 Å². The fourth-order valence-electron chi connectivity index (χ4n) is 4.97. The minimum atomic E-state index is 0.124. The van der Waals surface area contributed by atoms with Gasteiger partial charge < -0.3 is 14.4 Å². The monoisotopic (exact) mass is 335 g/mol. The van der Waals surface area contributed by atoms with Crippen molar-refractivity contribution in [3.05, 3.63) is 53.1 Å². The first kappa shape index (κ1) is 15.1. The third kappa shape index (κ3) is 2.18. The molecule has 3 heteroatoms. The average Bonchev–Trinajstić information content (AvgIpc) is 3.32. The molecule has 0 saturated heterocycles. The van der Waals surface area contributed by atoms with Crippen LogP contribution in [0.2, 0.25) is 0 Å². The molecule has 3 aliphatic rings. The predicted molar refractivity (Wildman–Crippen MR) is 99.8 cm³/mol. The summed E-state index contributed by atoms with van der Waals surface area (Å²) >= 11 is 0. The number of rotatable bonds is 4. The fourth-order valence-corrected chi connectivity index (χ4v) is 4.97. The van der Waals surface area contributed by atoms with Crippen LogP contribution in [0.5, 0.6) is 11.5 Å². The van der Waals surface area contributed by atoms with Crippen molar-refractivity contribution >= 4 is 5.69 Å². The van der Waals surface area contributed by atoms with Gasteiger partial charge in [0.05, 0.1) is 0 Å². The van der Waals surface area contributed by atoms with Crippen molar-refractivity contribution in [2.45, 2.75) is 44.4 Å². The van der Waals surface area contributed by atoms with Crippen LogP contribution in [0, 0.1) is 0 Å². The highest BCUT2D eigenvalue weighted by molar-refractivity contribution is 5.69. The number of benzene rings is 2. The molecule has 0 radical (unpaired) electrons. The summed E-state index contributed by atoms with van der Waals surface area (Å²) in [6.45, 7) is 4.88. The molecule has 3 nitrogen and oxygen atoms in total. The second kappa shape index (κ2) is 5.69. The Labute approximate surface area is 149 Å². The maximum Gasteiger partial charge on any atom is 0.231 e. The molecule has 25 heavy (non-hydrogen) atoms. The minimum absolute atomic E-state index is 0.124. The lowest BCUT2D eigenvalue weighted by atomic mass is 9.77. The molecule has 0 saturated carbocycles. The zero-order chi connectivity index (χ0) is 16.9. The van der Waals surface area contributed by atoms with E-state index in [0.29, 0.717) is 6.79 Å². The number of hydrogen-bond acceptors (Lipinski definition) is 3. The van der Waals surface area contributed by atoms with Gasteiger partial charge in [-0.3, -0.25) is 0 Å². The van der Waals surface area contributed by atoms with Crippen LogP contribution >= 0.6 is 0 Å². The van der Waals surface area contributed by atoms with Gasteiger partial charge in [0, 0.05) is 24.2 Å². The standard InChI is InChI=1S/C22H25NO2/c1-2-3-6-11-23-14-22(17-7-4-5-8-19(17)23)10-9-16-12-20-21(13-18(16)22)25-15-24-20/h4-5,7-8,12-13H,2-3,6,9-11,14-15H2,1H3. The highest BCUT2D eigenvalue weighted by Crippen LogP contribution is 2.54. The van der Waals surface area contributed by atoms with E-state index in [1.807, 2.05) is 0 Å². The quantitative estimate of drug-likeness (QED) is 0.759. The topological polar surface area (TPSA) is 21.7 Å². The summed E-state index contributed by atoms with van der Waals surface area (Å²) in [5, 5.41) is 0. The molecule has 2 aromatic rings.